The molecular formula is C24H23ClN4O2. The molecule has 2 aliphatic rings. The zero-order valence-electron chi connectivity index (χ0n) is 17.5. The van der Waals surface area contributed by atoms with Gasteiger partial charge in [0, 0.05) is 41.7 Å². The molecule has 31 heavy (non-hydrogen) atoms. The first-order valence-corrected chi connectivity index (χ1v) is 10.8. The topological polar surface area (TPSA) is 58.4 Å². The van der Waals surface area contributed by atoms with Crippen molar-refractivity contribution in [2.24, 2.45) is 5.92 Å². The first-order valence-electron chi connectivity index (χ1n) is 10.4. The van der Waals surface area contributed by atoms with Crippen LogP contribution in [0.1, 0.15) is 45.1 Å². The predicted molar refractivity (Wildman–Crippen MR) is 119 cm³/mol. The molecule has 1 fully saturated rings. The molecule has 1 unspecified atom stereocenters. The number of carbonyl (C=O) groups is 2. The van der Waals surface area contributed by atoms with Crippen LogP contribution in [0.3, 0.4) is 0 Å². The quantitative estimate of drug-likeness (QED) is 0.620. The Balaban J connectivity index is 1.29. The highest BCUT2D eigenvalue weighted by Crippen LogP contribution is 2.38. The SMILES string of the molecule is Cc1nn(-c2ccccc2)c2c1C(C)N(CC1CN(C(=O)c3ccc(Cl)cc3)C1)C2=O. The highest BCUT2D eigenvalue weighted by Gasteiger charge is 2.42. The average Bonchev–Trinajstić information content (AvgIpc) is 3.21. The van der Waals surface area contributed by atoms with Crippen LogP contribution in [-0.4, -0.2) is 51.0 Å². The summed E-state index contributed by atoms with van der Waals surface area (Å²) in [7, 11) is 0. The number of benzene rings is 2. The number of aryl methyl sites for hydroxylation is 1. The van der Waals surface area contributed by atoms with Crippen molar-refractivity contribution < 1.29 is 9.59 Å². The van der Waals surface area contributed by atoms with Crippen LogP contribution in [0.4, 0.5) is 0 Å². The van der Waals surface area contributed by atoms with E-state index < -0.39 is 0 Å². The van der Waals surface area contributed by atoms with Crippen molar-refractivity contribution in [1.29, 1.82) is 0 Å². The lowest BCUT2D eigenvalue weighted by molar-refractivity contribution is 0.0361. The Bertz CT molecular complexity index is 1150. The Morgan fingerprint density at radius 1 is 1.10 bits per heavy atom. The van der Waals surface area contributed by atoms with Gasteiger partial charge in [-0.25, -0.2) is 4.68 Å². The Hall–Kier alpha value is -3.12. The van der Waals surface area contributed by atoms with Crippen molar-refractivity contribution >= 4 is 23.4 Å². The maximum atomic E-state index is 13.3. The molecule has 0 radical (unpaired) electrons. The van der Waals surface area contributed by atoms with Crippen LogP contribution in [0, 0.1) is 12.8 Å². The average molecular weight is 435 g/mol. The van der Waals surface area contributed by atoms with Gasteiger partial charge < -0.3 is 9.80 Å². The lowest BCUT2D eigenvalue weighted by Gasteiger charge is -2.41. The van der Waals surface area contributed by atoms with E-state index in [2.05, 4.69) is 12.0 Å². The second kappa shape index (κ2) is 7.54. The summed E-state index contributed by atoms with van der Waals surface area (Å²) in [6.07, 6.45) is 0. The number of nitrogens with zero attached hydrogens (tertiary/aromatic N) is 4. The van der Waals surface area contributed by atoms with E-state index in [1.165, 1.54) is 0 Å². The molecule has 3 heterocycles. The van der Waals surface area contributed by atoms with Crippen molar-refractivity contribution in [3.05, 3.63) is 82.1 Å². The van der Waals surface area contributed by atoms with Crippen LogP contribution >= 0.6 is 11.6 Å². The third-order valence-electron chi connectivity index (χ3n) is 6.25. The highest BCUT2D eigenvalue weighted by atomic mass is 35.5. The van der Waals surface area contributed by atoms with Crippen LogP contribution in [0.15, 0.2) is 54.6 Å². The molecule has 0 aliphatic carbocycles. The molecule has 0 bridgehead atoms. The fourth-order valence-corrected chi connectivity index (χ4v) is 4.74. The van der Waals surface area contributed by atoms with Gasteiger partial charge in [0.15, 0.2) is 0 Å². The third-order valence-corrected chi connectivity index (χ3v) is 6.50. The lowest BCUT2D eigenvalue weighted by atomic mass is 9.97. The molecule has 1 saturated heterocycles. The van der Waals surface area contributed by atoms with Crippen molar-refractivity contribution in [1.82, 2.24) is 19.6 Å². The number of hydrogen-bond acceptors (Lipinski definition) is 3. The van der Waals surface area contributed by atoms with Gasteiger partial charge in [0.1, 0.15) is 5.69 Å². The van der Waals surface area contributed by atoms with Gasteiger partial charge >= 0.3 is 0 Å². The maximum absolute atomic E-state index is 13.3. The van der Waals surface area contributed by atoms with Crippen LogP contribution in [0.5, 0.6) is 0 Å². The van der Waals surface area contributed by atoms with E-state index in [4.69, 9.17) is 11.6 Å². The molecule has 158 valence electrons. The summed E-state index contributed by atoms with van der Waals surface area (Å²) >= 11 is 5.91. The van der Waals surface area contributed by atoms with Crippen molar-refractivity contribution in [2.75, 3.05) is 19.6 Å². The van der Waals surface area contributed by atoms with E-state index in [-0.39, 0.29) is 23.8 Å². The summed E-state index contributed by atoms with van der Waals surface area (Å²) in [6, 6.07) is 16.7. The normalized spacial score (nSPS) is 18.3. The molecule has 2 amide bonds. The summed E-state index contributed by atoms with van der Waals surface area (Å²) in [5, 5.41) is 5.25. The van der Waals surface area contributed by atoms with E-state index in [1.54, 1.807) is 28.9 Å². The number of halogens is 1. The highest BCUT2D eigenvalue weighted by molar-refractivity contribution is 6.30. The van der Waals surface area contributed by atoms with Gasteiger partial charge in [0.25, 0.3) is 11.8 Å². The first kappa shape index (κ1) is 19.8. The molecule has 1 aromatic heterocycles. The predicted octanol–water partition coefficient (Wildman–Crippen LogP) is 4.12. The summed E-state index contributed by atoms with van der Waals surface area (Å²) in [4.78, 5) is 29.7. The Morgan fingerprint density at radius 3 is 2.45 bits per heavy atom. The zero-order chi connectivity index (χ0) is 21.7. The van der Waals surface area contributed by atoms with Gasteiger partial charge in [0.05, 0.1) is 17.4 Å². The molecule has 7 heteroatoms. The molecule has 0 spiro atoms. The lowest BCUT2D eigenvalue weighted by Crippen LogP contribution is -2.54. The Kier molecular flexibility index (Phi) is 4.82. The fraction of sp³-hybridized carbons (Fsp3) is 0.292. The molecule has 2 aliphatic heterocycles. The van der Waals surface area contributed by atoms with Crippen molar-refractivity contribution in [3.63, 3.8) is 0 Å². The van der Waals surface area contributed by atoms with Crippen LogP contribution < -0.4 is 0 Å². The van der Waals surface area contributed by atoms with Gasteiger partial charge in [0.2, 0.25) is 0 Å². The fourth-order valence-electron chi connectivity index (χ4n) is 4.61. The molecule has 2 aromatic carbocycles. The minimum absolute atomic E-state index is 0.00700. The van der Waals surface area contributed by atoms with E-state index >= 15 is 0 Å². The smallest absolute Gasteiger partial charge is 0.273 e. The standard InChI is InChI=1S/C24H23ClN4O2/c1-15-21-16(2)28(24(31)22(21)29(26-15)20-6-4-3-5-7-20)14-17-12-27(13-17)23(30)18-8-10-19(25)11-9-18/h3-11,16-17H,12-14H2,1-2H3. The number of likely N-dealkylation sites (tertiary alicyclic amines) is 1. The second-order valence-corrected chi connectivity index (χ2v) is 8.75. The van der Waals surface area contributed by atoms with Gasteiger partial charge in [-0.3, -0.25) is 9.59 Å². The van der Waals surface area contributed by atoms with Crippen LogP contribution in [0.2, 0.25) is 5.02 Å². The number of amides is 2. The number of para-hydroxylation sites is 1. The second-order valence-electron chi connectivity index (χ2n) is 8.31. The van der Waals surface area contributed by atoms with Crippen molar-refractivity contribution in [2.45, 2.75) is 19.9 Å². The Morgan fingerprint density at radius 2 is 1.77 bits per heavy atom. The first-order chi connectivity index (χ1) is 14.9. The summed E-state index contributed by atoms with van der Waals surface area (Å²) in [5.41, 5.74) is 4.07. The van der Waals surface area contributed by atoms with Crippen LogP contribution in [0.25, 0.3) is 5.69 Å². The Labute approximate surface area is 186 Å². The molecular weight excluding hydrogens is 412 g/mol. The minimum Gasteiger partial charge on any atom is -0.338 e. The van der Waals surface area contributed by atoms with E-state index in [0.717, 1.165) is 16.9 Å². The largest absolute Gasteiger partial charge is 0.338 e. The summed E-state index contributed by atoms with van der Waals surface area (Å²) < 4.78 is 1.76. The minimum atomic E-state index is -0.0269. The molecule has 0 saturated carbocycles. The van der Waals surface area contributed by atoms with Gasteiger partial charge in [-0.1, -0.05) is 29.8 Å². The van der Waals surface area contributed by atoms with Crippen LogP contribution in [-0.2, 0) is 0 Å². The van der Waals surface area contributed by atoms with Gasteiger partial charge in [-0.05, 0) is 50.2 Å². The third kappa shape index (κ3) is 3.31. The van der Waals surface area contributed by atoms with Crippen molar-refractivity contribution in [3.8, 4) is 5.69 Å². The van der Waals surface area contributed by atoms with E-state index in [9.17, 15) is 9.59 Å². The number of carbonyl (C=O) groups excluding carboxylic acids is 2. The molecule has 6 nitrogen and oxygen atoms in total. The summed E-state index contributed by atoms with van der Waals surface area (Å²) in [6.45, 7) is 5.95. The van der Waals surface area contributed by atoms with E-state index in [0.29, 0.717) is 35.9 Å². The number of fused-ring (bicyclic) bond motifs is 1. The van der Waals surface area contributed by atoms with E-state index in [1.807, 2.05) is 47.1 Å². The zero-order valence-corrected chi connectivity index (χ0v) is 18.2. The maximum Gasteiger partial charge on any atom is 0.273 e. The van der Waals surface area contributed by atoms with Gasteiger partial charge in [-0.15, -0.1) is 0 Å². The molecule has 0 N–H and O–H groups in total. The van der Waals surface area contributed by atoms with Gasteiger partial charge in [-0.2, -0.15) is 5.10 Å². The number of aromatic nitrogens is 2. The number of rotatable bonds is 4. The molecule has 1 atom stereocenters. The molecule has 3 aromatic rings. The summed E-state index contributed by atoms with van der Waals surface area (Å²) in [5.74, 6) is 0.284. The number of hydrogen-bond donors (Lipinski definition) is 0. The monoisotopic (exact) mass is 434 g/mol. The molecule has 5 rings (SSSR count).